The number of isocyanates is 1. The molecule has 0 bridgehead atoms. The van der Waals surface area contributed by atoms with E-state index in [9.17, 15) is 36.3 Å². The molecule has 0 saturated heterocycles. The molecule has 15 radical (unpaired) electrons. The summed E-state index contributed by atoms with van der Waals surface area (Å²) >= 11 is 15.2. The molecule has 8 nitrogen and oxygen atoms in total. The van der Waals surface area contributed by atoms with Gasteiger partial charge in [-0.15, -0.1) is 22.7 Å². The molecule has 2 aromatic heterocycles. The quantitative estimate of drug-likeness (QED) is 0.0383. The van der Waals surface area contributed by atoms with Crippen LogP contribution in [0.25, 0.3) is 32.3 Å². The molecule has 0 aliphatic rings. The molecule has 4 aromatic carbocycles. The number of halogens is 6. The molecule has 3 unspecified atom stereocenters. The van der Waals surface area contributed by atoms with Crippen LogP contribution >= 0.6 is 60.6 Å². The minimum absolute atomic E-state index is 0. The van der Waals surface area contributed by atoms with E-state index in [4.69, 9.17) is 55.5 Å². The van der Waals surface area contributed by atoms with Gasteiger partial charge in [0.05, 0.1) is 19.4 Å². The fraction of sp³-hybridized carbons (Fsp3) is 0.190. The summed E-state index contributed by atoms with van der Waals surface area (Å²) in [7, 11) is 19.9. The topological polar surface area (TPSA) is 111 Å². The number of carbonyl (C=O) groups excluding carboxylic acids is 2. The molecule has 1 amide bonds. The van der Waals surface area contributed by atoms with Crippen molar-refractivity contribution >= 4 is 173 Å². The zero-order valence-corrected chi connectivity index (χ0v) is 42.6. The van der Waals surface area contributed by atoms with Gasteiger partial charge in [0.15, 0.2) is 23.3 Å². The Hall–Kier alpha value is -3.61. The number of nitrogens with zero attached hydrogens (tertiary/aromatic N) is 1. The van der Waals surface area contributed by atoms with Crippen LogP contribution in [0.15, 0.2) is 101 Å². The molecule has 0 aliphatic heterocycles. The van der Waals surface area contributed by atoms with Crippen molar-refractivity contribution in [1.29, 1.82) is 0 Å². The number of aliphatic imine (C=N–C) groups is 1. The number of nitrogens with one attached hydrogen (secondary N) is 1. The summed E-state index contributed by atoms with van der Waals surface area (Å²) in [6.07, 6.45) is 6.53. The molecule has 6 rings (SSSR count). The highest BCUT2D eigenvalue weighted by Crippen LogP contribution is 2.59. The maximum Gasteiger partial charge on any atom is 0.241 e. The second-order valence-corrected chi connectivity index (χ2v) is 21.6. The fourth-order valence-electron chi connectivity index (χ4n) is 5.66. The smallest absolute Gasteiger partial charge is 0.241 e. The van der Waals surface area contributed by atoms with Crippen LogP contribution in [-0.2, 0) is 33.9 Å². The number of benzene rings is 4. The Kier molecular flexibility index (Phi) is 29.8. The summed E-state index contributed by atoms with van der Waals surface area (Å²) in [6, 6.07) is 17.9. The Labute approximate surface area is 429 Å². The number of thiophene rings is 2. The summed E-state index contributed by atoms with van der Waals surface area (Å²) in [4.78, 5) is 25.8. The molecule has 3 atom stereocenters. The lowest BCUT2D eigenvalue weighted by Crippen LogP contribution is -2.25. The highest BCUT2D eigenvalue weighted by molar-refractivity contribution is 7.61. The molecule has 343 valence electrons. The monoisotopic (exact) mass is 1040 g/mol. The standard InChI is InChI=1S/C21H19ClF2NO3PS.C12H14ClO2PS.C9H5F2NO.B5.B3.B/c1-3-28-29(2,27)20(16-12-30-19-7-5-14(22)11-15(16)19)21(26)25-9-8-13-4-6-17(23)18(24)10-13;1-3-15-16(2,14)7-9-8-17-12-5-4-10(13)6-11(9)12;10-8-2-1-7(5-9(8)11)3-4-12-6-13;1-4-5(2)3;1-3-2;/h4-12,20H,3H2,1-2H3,(H,25,26);4-6,8H,3,7H2,1-2H3;1-5H;;;/b9-8+;;4-3+;;;. The van der Waals surface area contributed by atoms with Gasteiger partial charge in [-0.3, -0.25) is 13.9 Å². The van der Waals surface area contributed by atoms with E-state index in [2.05, 4.69) is 25.8 Å². The first-order chi connectivity index (χ1) is 32.2. The highest BCUT2D eigenvalue weighted by Gasteiger charge is 2.38. The van der Waals surface area contributed by atoms with Gasteiger partial charge < -0.3 is 14.4 Å². The minimum Gasteiger partial charge on any atom is -0.332 e. The molecular formula is C42H38B9Cl2F4N2O6P2S2. The summed E-state index contributed by atoms with van der Waals surface area (Å²) in [5, 5.41) is 9.43. The van der Waals surface area contributed by atoms with E-state index in [1.165, 1.54) is 66.3 Å². The lowest BCUT2D eigenvalue weighted by Gasteiger charge is -2.22. The summed E-state index contributed by atoms with van der Waals surface area (Å²) in [6.45, 7) is 7.34. The number of hydrogen-bond acceptors (Lipinski definition) is 9. The summed E-state index contributed by atoms with van der Waals surface area (Å²) < 4.78 is 89.6. The predicted molar refractivity (Wildman–Crippen MR) is 289 cm³/mol. The molecule has 69 heavy (non-hydrogen) atoms. The molecule has 6 aromatic rings. The van der Waals surface area contributed by atoms with Crippen LogP contribution in [0.3, 0.4) is 0 Å². The SMILES string of the molecule is CCOP(C)(=O)C(C(=O)N/C=C/c1ccc(F)c(F)c1)c1csc2ccc(Cl)cc12.CCOP(C)(=O)Cc1csc2ccc(Cl)cc12.O=C=N/C=C/c1ccc(F)c(F)c1.[B].[B][B]B([B])[B].[B][B][B]. The molecule has 27 heteroatoms. The second-order valence-electron chi connectivity index (χ2n) is 13.7. The Morgan fingerprint density at radius 2 is 1.30 bits per heavy atom. The zero-order chi connectivity index (χ0) is 51.0. The van der Waals surface area contributed by atoms with Crippen molar-refractivity contribution in [2.24, 2.45) is 4.99 Å². The van der Waals surface area contributed by atoms with E-state index in [0.717, 1.165) is 58.6 Å². The van der Waals surface area contributed by atoms with Gasteiger partial charge in [0.25, 0.3) is 0 Å². The Bertz CT molecular complexity index is 2790. The van der Waals surface area contributed by atoms with Gasteiger partial charge in [0, 0.05) is 113 Å². The number of fused-ring (bicyclic) bond motifs is 2. The van der Waals surface area contributed by atoms with Crippen LogP contribution in [0.4, 0.5) is 17.6 Å². The van der Waals surface area contributed by atoms with Gasteiger partial charge in [0.2, 0.25) is 26.7 Å². The Balaban J connectivity index is 0.000000515. The maximum absolute atomic E-state index is 13.3. The normalized spacial score (nSPS) is 12.6. The molecule has 2 heterocycles. The van der Waals surface area contributed by atoms with Gasteiger partial charge in [-0.05, 0) is 130 Å². The largest absolute Gasteiger partial charge is 0.332 e. The van der Waals surface area contributed by atoms with E-state index in [1.807, 2.05) is 36.6 Å². The molecular weight excluding hydrogens is 999 g/mol. The Morgan fingerprint density at radius 3 is 1.80 bits per heavy atom. The first kappa shape index (κ1) is 63.4. The van der Waals surface area contributed by atoms with Crippen LogP contribution in [0.2, 0.25) is 10.0 Å². The van der Waals surface area contributed by atoms with Crippen molar-refractivity contribution in [1.82, 2.24) is 5.32 Å². The maximum atomic E-state index is 13.3. The summed E-state index contributed by atoms with van der Waals surface area (Å²) in [5.74, 6) is -4.32. The third-order valence-electron chi connectivity index (χ3n) is 8.44. The third kappa shape index (κ3) is 22.1. The van der Waals surface area contributed by atoms with Gasteiger partial charge in [-0.1, -0.05) is 35.3 Å². The van der Waals surface area contributed by atoms with E-state index in [0.29, 0.717) is 39.5 Å². The van der Waals surface area contributed by atoms with Crippen molar-refractivity contribution < 1.29 is 45.3 Å². The van der Waals surface area contributed by atoms with Gasteiger partial charge in [-0.25, -0.2) is 22.4 Å². The van der Waals surface area contributed by atoms with Crippen LogP contribution in [0.1, 0.15) is 41.8 Å². The van der Waals surface area contributed by atoms with Crippen LogP contribution in [-0.4, -0.2) is 106 Å². The van der Waals surface area contributed by atoms with Crippen LogP contribution < -0.4 is 5.32 Å². The zero-order valence-electron chi connectivity index (χ0n) is 37.7. The number of rotatable bonds is 14. The van der Waals surface area contributed by atoms with Crippen molar-refractivity contribution in [3.8, 4) is 0 Å². The number of carbonyl (C=O) groups is 1. The van der Waals surface area contributed by atoms with E-state index in [1.54, 1.807) is 42.4 Å². The highest BCUT2D eigenvalue weighted by atomic mass is 35.5. The molecule has 0 saturated carbocycles. The Morgan fingerprint density at radius 1 is 0.812 bits per heavy atom. The predicted octanol–water partition coefficient (Wildman–Crippen LogP) is 10.4. The van der Waals surface area contributed by atoms with E-state index >= 15 is 0 Å². The van der Waals surface area contributed by atoms with Crippen molar-refractivity contribution in [2.75, 3.05) is 26.5 Å². The first-order valence-corrected chi connectivity index (χ1v) is 26.8. The average Bonchev–Trinajstić information content (AvgIpc) is 3.86. The first-order valence-electron chi connectivity index (χ1n) is 19.8. The van der Waals surface area contributed by atoms with Crippen molar-refractivity contribution in [2.45, 2.75) is 25.7 Å². The average molecular weight is 1040 g/mol. The third-order valence-corrected chi connectivity index (χ3v) is 14.8. The second kappa shape index (κ2) is 32.4. The van der Waals surface area contributed by atoms with Gasteiger partial charge >= 0.3 is 0 Å². The van der Waals surface area contributed by atoms with Crippen molar-refractivity contribution in [3.63, 3.8) is 0 Å². The number of hydrogen-bond donors (Lipinski definition) is 1. The molecule has 0 fully saturated rings. The molecule has 1 N–H and O–H groups in total. The van der Waals surface area contributed by atoms with Crippen LogP contribution in [0, 0.1) is 23.3 Å². The fourth-order valence-corrected chi connectivity index (χ4v) is 11.5. The van der Waals surface area contributed by atoms with Crippen molar-refractivity contribution in [3.05, 3.63) is 152 Å². The lowest BCUT2D eigenvalue weighted by atomic mass is 8.97. The molecule has 0 spiro atoms. The summed E-state index contributed by atoms with van der Waals surface area (Å²) in [5.41, 5.74) is 1.36. The van der Waals surface area contributed by atoms with E-state index < -0.39 is 56.0 Å². The van der Waals surface area contributed by atoms with Crippen LogP contribution in [0.5, 0.6) is 0 Å². The van der Waals surface area contributed by atoms with E-state index in [-0.39, 0.29) is 15.0 Å². The lowest BCUT2D eigenvalue weighted by molar-refractivity contribution is -0.120. The van der Waals surface area contributed by atoms with Gasteiger partial charge in [-0.2, -0.15) is 4.99 Å². The molecule has 0 aliphatic carbocycles. The van der Waals surface area contributed by atoms with Gasteiger partial charge in [0.1, 0.15) is 5.66 Å². The minimum atomic E-state index is -3.39. The number of amides is 1.